The number of piperidine rings is 1. The Morgan fingerprint density at radius 1 is 1.15 bits per heavy atom. The van der Waals surface area contributed by atoms with Crippen LogP contribution >= 0.6 is 0 Å². The van der Waals surface area contributed by atoms with Gasteiger partial charge in [-0.05, 0) is 44.4 Å². The number of rotatable bonds is 6. The molecule has 0 aromatic carbocycles. The van der Waals surface area contributed by atoms with Crippen molar-refractivity contribution < 1.29 is 9.59 Å². The molecule has 2 fully saturated rings. The highest BCUT2D eigenvalue weighted by Crippen LogP contribution is 2.22. The molecule has 2 aliphatic rings. The van der Waals surface area contributed by atoms with E-state index in [-0.39, 0.29) is 17.9 Å². The fourth-order valence-corrected chi connectivity index (χ4v) is 3.96. The quantitative estimate of drug-likeness (QED) is 0.780. The summed E-state index contributed by atoms with van der Waals surface area (Å²) >= 11 is 0. The first-order valence-electron chi connectivity index (χ1n) is 10.0. The largest absolute Gasteiger partial charge is 0.340 e. The molecule has 7 heteroatoms. The molecule has 1 unspecified atom stereocenters. The summed E-state index contributed by atoms with van der Waals surface area (Å²) in [6.07, 6.45) is 8.70. The van der Waals surface area contributed by atoms with Gasteiger partial charge in [0.25, 0.3) is 5.91 Å². The molecule has 0 N–H and O–H groups in total. The van der Waals surface area contributed by atoms with Crippen LogP contribution in [0.1, 0.15) is 69.3 Å². The van der Waals surface area contributed by atoms with Crippen molar-refractivity contribution in [1.29, 1.82) is 0 Å². The van der Waals surface area contributed by atoms with Crippen LogP contribution in [0.15, 0.2) is 6.20 Å². The van der Waals surface area contributed by atoms with Gasteiger partial charge in [-0.3, -0.25) is 14.3 Å². The van der Waals surface area contributed by atoms with E-state index in [4.69, 9.17) is 0 Å². The molecule has 0 bridgehead atoms. The minimum absolute atomic E-state index is 0.0137. The second-order valence-electron chi connectivity index (χ2n) is 7.99. The van der Waals surface area contributed by atoms with Gasteiger partial charge in [0.2, 0.25) is 5.91 Å². The maximum absolute atomic E-state index is 12.5. The molecule has 0 aliphatic carbocycles. The highest BCUT2D eigenvalue weighted by atomic mass is 16.2. The number of aromatic nitrogens is 3. The molecular weight excluding hydrogens is 330 g/mol. The lowest BCUT2D eigenvalue weighted by Crippen LogP contribution is -2.44. The first kappa shape index (κ1) is 18.9. The number of aryl methyl sites for hydroxylation is 1. The van der Waals surface area contributed by atoms with Crippen molar-refractivity contribution in [2.75, 3.05) is 19.6 Å². The molecule has 1 aromatic heterocycles. The fraction of sp³-hybridized carbons (Fsp3) is 0.789. The van der Waals surface area contributed by atoms with Crippen molar-refractivity contribution in [2.45, 2.75) is 71.4 Å². The van der Waals surface area contributed by atoms with E-state index in [9.17, 15) is 9.59 Å². The van der Waals surface area contributed by atoms with Gasteiger partial charge in [-0.25, -0.2) is 0 Å². The smallest absolute Gasteiger partial charge is 0.276 e. The Morgan fingerprint density at radius 3 is 2.62 bits per heavy atom. The zero-order valence-electron chi connectivity index (χ0n) is 16.1. The summed E-state index contributed by atoms with van der Waals surface area (Å²) < 4.78 is 1.75. The number of carbonyl (C=O) groups is 2. The van der Waals surface area contributed by atoms with E-state index in [0.717, 1.165) is 51.7 Å². The normalized spacial score (nSPS) is 20.8. The Balaban J connectivity index is 1.55. The van der Waals surface area contributed by atoms with E-state index >= 15 is 0 Å². The van der Waals surface area contributed by atoms with Crippen LogP contribution in [-0.4, -0.2) is 62.3 Å². The van der Waals surface area contributed by atoms with Crippen molar-refractivity contribution in [1.82, 2.24) is 24.8 Å². The predicted molar refractivity (Wildman–Crippen MR) is 98.6 cm³/mol. The molecule has 2 saturated heterocycles. The molecule has 0 saturated carbocycles. The first-order chi connectivity index (χ1) is 12.5. The zero-order chi connectivity index (χ0) is 18.5. The van der Waals surface area contributed by atoms with Gasteiger partial charge in [0.15, 0.2) is 5.69 Å². The summed E-state index contributed by atoms with van der Waals surface area (Å²) in [6, 6.07) is 0.275. The molecule has 144 valence electrons. The van der Waals surface area contributed by atoms with Crippen LogP contribution in [0, 0.1) is 5.92 Å². The van der Waals surface area contributed by atoms with Crippen LogP contribution in [0.2, 0.25) is 0 Å². The second-order valence-corrected chi connectivity index (χ2v) is 7.99. The van der Waals surface area contributed by atoms with Gasteiger partial charge in [-0.2, -0.15) is 0 Å². The van der Waals surface area contributed by atoms with Gasteiger partial charge >= 0.3 is 0 Å². The number of hydrogen-bond donors (Lipinski definition) is 0. The lowest BCUT2D eigenvalue weighted by Gasteiger charge is -2.36. The summed E-state index contributed by atoms with van der Waals surface area (Å²) in [6.45, 7) is 7.38. The Bertz CT molecular complexity index is 621. The highest BCUT2D eigenvalue weighted by molar-refractivity contribution is 5.92. The molecule has 2 amide bonds. The van der Waals surface area contributed by atoms with Crippen LogP contribution in [0.25, 0.3) is 0 Å². The third-order valence-electron chi connectivity index (χ3n) is 5.37. The van der Waals surface area contributed by atoms with E-state index in [1.54, 1.807) is 10.9 Å². The maximum atomic E-state index is 12.5. The fourth-order valence-electron chi connectivity index (χ4n) is 3.96. The molecule has 3 rings (SSSR count). The summed E-state index contributed by atoms with van der Waals surface area (Å²) in [4.78, 5) is 28.8. The Labute approximate surface area is 155 Å². The van der Waals surface area contributed by atoms with Gasteiger partial charge in [-0.1, -0.05) is 19.1 Å². The van der Waals surface area contributed by atoms with Crippen molar-refractivity contribution >= 4 is 11.8 Å². The summed E-state index contributed by atoms with van der Waals surface area (Å²) in [5, 5.41) is 8.19. The van der Waals surface area contributed by atoms with Crippen molar-refractivity contribution in [3.05, 3.63) is 11.9 Å². The number of nitrogens with zero attached hydrogens (tertiary/aromatic N) is 5. The molecular formula is C19H31N5O2. The van der Waals surface area contributed by atoms with Crippen LogP contribution in [-0.2, 0) is 11.3 Å². The standard InChI is InChI=1S/C19H31N5O2/c1-15(2)13-18(25)24-11-4-3-7-16(24)8-12-23-14-17(20-21-23)19(26)22-9-5-6-10-22/h14-16H,3-13H2,1-2H3. The van der Waals surface area contributed by atoms with Gasteiger partial charge in [0.1, 0.15) is 0 Å². The van der Waals surface area contributed by atoms with Crippen molar-refractivity contribution in [3.63, 3.8) is 0 Å². The van der Waals surface area contributed by atoms with Crippen LogP contribution in [0.3, 0.4) is 0 Å². The molecule has 7 nitrogen and oxygen atoms in total. The summed E-state index contributed by atoms with van der Waals surface area (Å²) in [5.41, 5.74) is 0.434. The molecule has 3 heterocycles. The maximum Gasteiger partial charge on any atom is 0.276 e. The molecule has 0 spiro atoms. The van der Waals surface area contributed by atoms with Gasteiger partial charge in [0, 0.05) is 38.6 Å². The van der Waals surface area contributed by atoms with Crippen LogP contribution in [0.5, 0.6) is 0 Å². The average molecular weight is 361 g/mol. The number of carbonyl (C=O) groups excluding carboxylic acids is 2. The topological polar surface area (TPSA) is 71.3 Å². The Morgan fingerprint density at radius 2 is 1.88 bits per heavy atom. The van der Waals surface area contributed by atoms with Gasteiger partial charge in [-0.15, -0.1) is 5.10 Å². The third-order valence-corrected chi connectivity index (χ3v) is 5.37. The SMILES string of the molecule is CC(C)CC(=O)N1CCCCC1CCn1cc(C(=O)N2CCCC2)nn1. The van der Waals surface area contributed by atoms with E-state index < -0.39 is 0 Å². The van der Waals surface area contributed by atoms with Gasteiger partial charge in [0.05, 0.1) is 6.20 Å². The molecule has 0 radical (unpaired) electrons. The zero-order valence-corrected chi connectivity index (χ0v) is 16.1. The summed E-state index contributed by atoms with van der Waals surface area (Å²) in [5.74, 6) is 0.646. The van der Waals surface area contributed by atoms with E-state index in [1.165, 1.54) is 6.42 Å². The van der Waals surface area contributed by atoms with Crippen molar-refractivity contribution in [2.24, 2.45) is 5.92 Å². The molecule has 1 atom stereocenters. The number of likely N-dealkylation sites (tertiary alicyclic amines) is 2. The minimum atomic E-state index is -0.0137. The molecule has 26 heavy (non-hydrogen) atoms. The van der Waals surface area contributed by atoms with Gasteiger partial charge < -0.3 is 9.80 Å². The highest BCUT2D eigenvalue weighted by Gasteiger charge is 2.27. The minimum Gasteiger partial charge on any atom is -0.340 e. The van der Waals surface area contributed by atoms with E-state index in [0.29, 0.717) is 24.6 Å². The lowest BCUT2D eigenvalue weighted by molar-refractivity contribution is -0.135. The summed E-state index contributed by atoms with van der Waals surface area (Å²) in [7, 11) is 0. The van der Waals surface area contributed by atoms with E-state index in [1.807, 2.05) is 4.90 Å². The monoisotopic (exact) mass is 361 g/mol. The third kappa shape index (κ3) is 4.62. The van der Waals surface area contributed by atoms with E-state index in [2.05, 4.69) is 29.1 Å². The average Bonchev–Trinajstić information content (AvgIpc) is 3.31. The van der Waals surface area contributed by atoms with Crippen LogP contribution < -0.4 is 0 Å². The lowest BCUT2D eigenvalue weighted by atomic mass is 9.97. The number of amides is 2. The van der Waals surface area contributed by atoms with Crippen LogP contribution in [0.4, 0.5) is 0 Å². The molecule has 2 aliphatic heterocycles. The number of hydrogen-bond acceptors (Lipinski definition) is 4. The Hall–Kier alpha value is -1.92. The Kier molecular flexibility index (Phi) is 6.27. The molecule has 1 aromatic rings. The predicted octanol–water partition coefficient (Wildman–Crippen LogP) is 2.33. The second kappa shape index (κ2) is 8.64. The first-order valence-corrected chi connectivity index (χ1v) is 10.0. The van der Waals surface area contributed by atoms with Crippen molar-refractivity contribution in [3.8, 4) is 0 Å².